The zero-order chi connectivity index (χ0) is 14.0. The molecular weight excluding hydrogens is 232 g/mol. The zero-order valence-electron chi connectivity index (χ0n) is 12.8. The Morgan fingerprint density at radius 1 is 1.16 bits per heavy atom. The first-order valence-corrected chi connectivity index (χ1v) is 7.51. The van der Waals surface area contributed by atoms with Gasteiger partial charge in [0.25, 0.3) is 0 Å². The highest BCUT2D eigenvalue weighted by Crippen LogP contribution is 2.36. The largest absolute Gasteiger partial charge is 0.323 e. The van der Waals surface area contributed by atoms with Crippen LogP contribution in [0.25, 0.3) is 0 Å². The van der Waals surface area contributed by atoms with Crippen LogP contribution in [-0.4, -0.2) is 23.0 Å². The molecule has 1 aliphatic heterocycles. The maximum absolute atomic E-state index is 6.60. The van der Waals surface area contributed by atoms with Crippen molar-refractivity contribution in [2.75, 3.05) is 6.54 Å². The van der Waals surface area contributed by atoms with E-state index in [1.807, 2.05) is 0 Å². The van der Waals surface area contributed by atoms with Crippen LogP contribution in [0.5, 0.6) is 0 Å². The van der Waals surface area contributed by atoms with Crippen molar-refractivity contribution in [3.05, 3.63) is 35.9 Å². The molecule has 1 aromatic carbocycles. The first-order chi connectivity index (χ1) is 8.93. The molecule has 1 aliphatic rings. The number of likely N-dealkylation sites (tertiary alicyclic amines) is 1. The quantitative estimate of drug-likeness (QED) is 0.896. The number of nitrogens with zero attached hydrogens (tertiary/aromatic N) is 1. The lowest BCUT2D eigenvalue weighted by molar-refractivity contribution is 0.0688. The highest BCUT2D eigenvalue weighted by atomic mass is 15.3. The molecule has 1 saturated heterocycles. The van der Waals surface area contributed by atoms with Crippen LogP contribution in [0.3, 0.4) is 0 Å². The van der Waals surface area contributed by atoms with E-state index in [-0.39, 0.29) is 11.6 Å². The summed E-state index contributed by atoms with van der Waals surface area (Å²) in [6, 6.07) is 11.1. The number of hydrogen-bond acceptors (Lipinski definition) is 2. The summed E-state index contributed by atoms with van der Waals surface area (Å²) in [5, 5.41) is 0. The van der Waals surface area contributed by atoms with E-state index < -0.39 is 0 Å². The molecular formula is C17H28N2. The third-order valence-corrected chi connectivity index (χ3v) is 4.56. The summed E-state index contributed by atoms with van der Waals surface area (Å²) in [5.41, 5.74) is 8.13. The van der Waals surface area contributed by atoms with Gasteiger partial charge in [0.15, 0.2) is 0 Å². The van der Waals surface area contributed by atoms with Crippen molar-refractivity contribution in [3.63, 3.8) is 0 Å². The summed E-state index contributed by atoms with van der Waals surface area (Å²) < 4.78 is 0. The first-order valence-electron chi connectivity index (χ1n) is 7.51. The van der Waals surface area contributed by atoms with Crippen LogP contribution in [0, 0.1) is 5.92 Å². The average molecular weight is 260 g/mol. The molecule has 0 aliphatic carbocycles. The van der Waals surface area contributed by atoms with Gasteiger partial charge in [-0.2, -0.15) is 0 Å². The summed E-state index contributed by atoms with van der Waals surface area (Å²) >= 11 is 0. The van der Waals surface area contributed by atoms with E-state index in [4.69, 9.17) is 5.73 Å². The van der Waals surface area contributed by atoms with Gasteiger partial charge in [0.05, 0.1) is 0 Å². The second kappa shape index (κ2) is 5.64. The van der Waals surface area contributed by atoms with Crippen LogP contribution in [0.1, 0.15) is 52.1 Å². The van der Waals surface area contributed by atoms with Gasteiger partial charge in [0, 0.05) is 17.6 Å². The van der Waals surface area contributed by atoms with Crippen molar-refractivity contribution in [2.24, 2.45) is 11.7 Å². The summed E-state index contributed by atoms with van der Waals surface area (Å²) in [5.74, 6) is 0.563. The predicted octanol–water partition coefficient (Wildman–Crippen LogP) is 3.59. The fourth-order valence-electron chi connectivity index (χ4n) is 3.52. The van der Waals surface area contributed by atoms with Gasteiger partial charge in [-0.05, 0) is 44.7 Å². The van der Waals surface area contributed by atoms with Gasteiger partial charge in [0.2, 0.25) is 0 Å². The lowest BCUT2D eigenvalue weighted by Gasteiger charge is -2.43. The molecule has 2 nitrogen and oxygen atoms in total. The first kappa shape index (κ1) is 14.5. The number of hydrogen-bond donors (Lipinski definition) is 1. The van der Waals surface area contributed by atoms with Crippen LogP contribution in [-0.2, 0) is 0 Å². The van der Waals surface area contributed by atoms with Crippen LogP contribution in [0.15, 0.2) is 30.3 Å². The van der Waals surface area contributed by atoms with Crippen molar-refractivity contribution in [2.45, 2.75) is 58.2 Å². The molecule has 0 amide bonds. The fraction of sp³-hybridized carbons (Fsp3) is 0.647. The fourth-order valence-corrected chi connectivity index (χ4v) is 3.52. The van der Waals surface area contributed by atoms with Crippen LogP contribution in [0.2, 0.25) is 0 Å². The van der Waals surface area contributed by atoms with Gasteiger partial charge in [-0.15, -0.1) is 0 Å². The van der Waals surface area contributed by atoms with Gasteiger partial charge < -0.3 is 5.73 Å². The Morgan fingerprint density at radius 3 is 2.26 bits per heavy atom. The van der Waals surface area contributed by atoms with Crippen molar-refractivity contribution in [3.8, 4) is 0 Å². The van der Waals surface area contributed by atoms with Gasteiger partial charge in [-0.1, -0.05) is 44.2 Å². The Bertz CT molecular complexity index is 397. The normalized spacial score (nSPS) is 22.6. The minimum absolute atomic E-state index is 0.0959. The Balaban J connectivity index is 2.26. The smallest absolute Gasteiger partial charge is 0.0455 e. The van der Waals surface area contributed by atoms with Crippen molar-refractivity contribution < 1.29 is 0 Å². The molecule has 2 atom stereocenters. The summed E-state index contributed by atoms with van der Waals surface area (Å²) in [4.78, 5) is 2.63. The van der Waals surface area contributed by atoms with E-state index in [1.54, 1.807) is 0 Å². The molecule has 0 aromatic heterocycles. The molecule has 1 aromatic rings. The topological polar surface area (TPSA) is 29.3 Å². The lowest BCUT2D eigenvalue weighted by atomic mass is 9.87. The van der Waals surface area contributed by atoms with E-state index in [9.17, 15) is 0 Å². The zero-order valence-corrected chi connectivity index (χ0v) is 12.8. The predicted molar refractivity (Wildman–Crippen MR) is 82.0 cm³/mol. The molecule has 1 heterocycles. The monoisotopic (exact) mass is 260 g/mol. The standard InChI is InChI=1S/C17H28N2/c1-13(2)16(19-12-8-11-17(19,3)4)15(18)14-9-6-5-7-10-14/h5-7,9-10,13,15-16H,8,11-12,18H2,1-4H3. The summed E-state index contributed by atoms with van der Waals surface area (Å²) in [6.45, 7) is 10.5. The van der Waals surface area contributed by atoms with Gasteiger partial charge in [0.1, 0.15) is 0 Å². The van der Waals surface area contributed by atoms with Gasteiger partial charge in [-0.25, -0.2) is 0 Å². The second-order valence-electron chi connectivity index (χ2n) is 6.78. The van der Waals surface area contributed by atoms with Crippen molar-refractivity contribution in [1.82, 2.24) is 4.90 Å². The van der Waals surface area contributed by atoms with Crippen LogP contribution in [0.4, 0.5) is 0 Å². The van der Waals surface area contributed by atoms with E-state index in [1.165, 1.54) is 24.9 Å². The number of nitrogens with two attached hydrogens (primary N) is 1. The number of benzene rings is 1. The molecule has 2 N–H and O–H groups in total. The van der Waals surface area contributed by atoms with E-state index in [2.05, 4.69) is 62.9 Å². The summed E-state index contributed by atoms with van der Waals surface area (Å²) in [7, 11) is 0. The van der Waals surface area contributed by atoms with E-state index in [0.29, 0.717) is 12.0 Å². The molecule has 0 spiro atoms. The maximum atomic E-state index is 6.60. The molecule has 19 heavy (non-hydrogen) atoms. The molecule has 106 valence electrons. The number of rotatable bonds is 4. The highest BCUT2D eigenvalue weighted by molar-refractivity contribution is 5.21. The molecule has 2 heteroatoms. The van der Waals surface area contributed by atoms with Crippen LogP contribution >= 0.6 is 0 Å². The lowest BCUT2D eigenvalue weighted by Crippen LogP contribution is -2.52. The Hall–Kier alpha value is -0.860. The Labute approximate surface area is 118 Å². The van der Waals surface area contributed by atoms with Gasteiger partial charge in [-0.3, -0.25) is 4.90 Å². The highest BCUT2D eigenvalue weighted by Gasteiger charge is 2.40. The second-order valence-corrected chi connectivity index (χ2v) is 6.78. The Kier molecular flexibility index (Phi) is 4.32. The minimum Gasteiger partial charge on any atom is -0.323 e. The molecule has 0 saturated carbocycles. The van der Waals surface area contributed by atoms with Gasteiger partial charge >= 0.3 is 0 Å². The maximum Gasteiger partial charge on any atom is 0.0455 e. The molecule has 2 unspecified atom stereocenters. The molecule has 1 fully saturated rings. The third kappa shape index (κ3) is 3.01. The SMILES string of the molecule is CC(C)C(C(N)c1ccccc1)N1CCCC1(C)C. The molecule has 0 bridgehead atoms. The molecule has 2 rings (SSSR count). The van der Waals surface area contributed by atoms with Crippen molar-refractivity contribution >= 4 is 0 Å². The van der Waals surface area contributed by atoms with E-state index >= 15 is 0 Å². The minimum atomic E-state index is 0.0959. The van der Waals surface area contributed by atoms with E-state index in [0.717, 1.165) is 0 Å². The van der Waals surface area contributed by atoms with Crippen LogP contribution < -0.4 is 5.73 Å². The summed E-state index contributed by atoms with van der Waals surface area (Å²) in [6.07, 6.45) is 2.56. The van der Waals surface area contributed by atoms with Crippen molar-refractivity contribution in [1.29, 1.82) is 0 Å². The third-order valence-electron chi connectivity index (χ3n) is 4.56. The average Bonchev–Trinajstić information content (AvgIpc) is 2.70. The Morgan fingerprint density at radius 2 is 1.79 bits per heavy atom. The molecule has 0 radical (unpaired) electrons.